The molecule has 0 aromatic carbocycles. The number of hydrogen-bond donors (Lipinski definition) is 6. The number of carbonyl (C=O) groups is 6. The molecule has 53 heavy (non-hydrogen) atoms. The van der Waals surface area contributed by atoms with Crippen molar-refractivity contribution in [2.75, 3.05) is 27.2 Å². The van der Waals surface area contributed by atoms with Crippen LogP contribution in [0.3, 0.4) is 0 Å². The van der Waals surface area contributed by atoms with Crippen LogP contribution in [0.4, 0.5) is 0 Å². The van der Waals surface area contributed by atoms with Crippen molar-refractivity contribution in [2.24, 2.45) is 23.5 Å². The zero-order chi connectivity index (χ0) is 39.9. The van der Waals surface area contributed by atoms with Gasteiger partial charge in [0.25, 0.3) is 0 Å². The van der Waals surface area contributed by atoms with Gasteiger partial charge in [-0.2, -0.15) is 0 Å². The van der Waals surface area contributed by atoms with Crippen LogP contribution in [0.25, 0.3) is 0 Å². The maximum absolute atomic E-state index is 14.2. The molecule has 0 radical (unpaired) electrons. The van der Waals surface area contributed by atoms with E-state index in [4.69, 9.17) is 15.2 Å². The summed E-state index contributed by atoms with van der Waals surface area (Å²) < 4.78 is 11.3. The molecule has 1 aliphatic heterocycles. The first-order valence-electron chi connectivity index (χ1n) is 19.5. The summed E-state index contributed by atoms with van der Waals surface area (Å²) >= 11 is 0. The number of unbranched alkanes of at least 4 members (excludes halogenated alkanes) is 3. The SMILES string of the molecule is COC(C)(C)CCCCCC[C@H]1OC(=O)CNC(=O)[C@H](C(C)O)NC(=O)[C@H](CN)NC(=O)[C@H](C2CCCCC2)NC(=O)[C@H](CC(C)C)N(C)C(=O)[C@@H]1C. The van der Waals surface area contributed by atoms with Crippen LogP contribution in [0.15, 0.2) is 0 Å². The summed E-state index contributed by atoms with van der Waals surface area (Å²) in [7, 11) is 3.23. The van der Waals surface area contributed by atoms with Gasteiger partial charge in [-0.25, -0.2) is 0 Å². The van der Waals surface area contributed by atoms with Gasteiger partial charge in [-0.15, -0.1) is 0 Å². The van der Waals surface area contributed by atoms with E-state index in [1.54, 1.807) is 21.1 Å². The van der Waals surface area contributed by atoms with Crippen molar-refractivity contribution in [2.45, 2.75) is 161 Å². The van der Waals surface area contributed by atoms with Gasteiger partial charge in [-0.3, -0.25) is 28.8 Å². The third-order valence-corrected chi connectivity index (χ3v) is 10.7. The lowest BCUT2D eigenvalue weighted by molar-refractivity contribution is -0.157. The molecule has 0 aromatic rings. The molecule has 1 saturated heterocycles. The Bertz CT molecular complexity index is 1220. The molecule has 1 unspecified atom stereocenters. The fourth-order valence-corrected chi connectivity index (χ4v) is 7.03. The second-order valence-corrected chi connectivity index (χ2v) is 16.0. The Labute approximate surface area is 316 Å². The van der Waals surface area contributed by atoms with E-state index in [0.29, 0.717) is 32.1 Å². The average Bonchev–Trinajstić information content (AvgIpc) is 3.12. The Hall–Kier alpha value is -3.30. The van der Waals surface area contributed by atoms with Crippen LogP contribution in [-0.2, 0) is 38.2 Å². The van der Waals surface area contributed by atoms with E-state index in [-0.39, 0.29) is 24.0 Å². The lowest BCUT2D eigenvalue weighted by Gasteiger charge is -2.36. The second-order valence-electron chi connectivity index (χ2n) is 16.0. The van der Waals surface area contributed by atoms with E-state index < -0.39 is 84.3 Å². The lowest BCUT2D eigenvalue weighted by atomic mass is 9.83. The third kappa shape index (κ3) is 14.8. The second kappa shape index (κ2) is 22.2. The highest BCUT2D eigenvalue weighted by molar-refractivity contribution is 5.96. The number of carbonyl (C=O) groups excluding carboxylic acids is 6. The first-order chi connectivity index (χ1) is 24.9. The molecule has 0 spiro atoms. The van der Waals surface area contributed by atoms with Crippen LogP contribution in [0.2, 0.25) is 0 Å². The number of amides is 5. The summed E-state index contributed by atoms with van der Waals surface area (Å²) in [5, 5.41) is 20.8. The molecular weight excluding hydrogens is 684 g/mol. The molecule has 2 rings (SSSR count). The van der Waals surface area contributed by atoms with E-state index in [9.17, 15) is 33.9 Å². The molecule has 15 heteroatoms. The van der Waals surface area contributed by atoms with Gasteiger partial charge in [0.05, 0.1) is 17.6 Å². The van der Waals surface area contributed by atoms with Gasteiger partial charge in [-0.05, 0) is 71.1 Å². The van der Waals surface area contributed by atoms with E-state index in [0.717, 1.165) is 44.9 Å². The summed E-state index contributed by atoms with van der Waals surface area (Å²) in [5.74, 6) is -5.05. The van der Waals surface area contributed by atoms with Crippen LogP contribution < -0.4 is 27.0 Å². The Morgan fingerprint density at radius 3 is 2.13 bits per heavy atom. The van der Waals surface area contributed by atoms with E-state index >= 15 is 0 Å². The zero-order valence-corrected chi connectivity index (χ0v) is 33.3. The number of methoxy groups -OCH3 is 1. The molecule has 304 valence electrons. The molecule has 2 fully saturated rings. The molecule has 1 saturated carbocycles. The van der Waals surface area contributed by atoms with Gasteiger partial charge in [0.15, 0.2) is 0 Å². The number of cyclic esters (lactones) is 1. The number of nitrogens with two attached hydrogens (primary N) is 1. The van der Waals surface area contributed by atoms with Gasteiger partial charge in [0, 0.05) is 20.7 Å². The van der Waals surface area contributed by atoms with Crippen LogP contribution in [0.1, 0.15) is 119 Å². The van der Waals surface area contributed by atoms with Crippen molar-refractivity contribution in [3.05, 3.63) is 0 Å². The maximum Gasteiger partial charge on any atom is 0.325 e. The Balaban J connectivity index is 2.48. The maximum atomic E-state index is 14.2. The molecule has 0 aromatic heterocycles. The van der Waals surface area contributed by atoms with Crippen molar-refractivity contribution < 1.29 is 43.3 Å². The molecule has 0 bridgehead atoms. The number of likely N-dealkylation sites (N-methyl/N-ethyl adjacent to an activating group) is 1. The lowest BCUT2D eigenvalue weighted by Crippen LogP contribution is -2.62. The van der Waals surface area contributed by atoms with Crippen LogP contribution in [0, 0.1) is 17.8 Å². The number of aliphatic hydroxyl groups excluding tert-OH is 1. The predicted molar refractivity (Wildman–Crippen MR) is 200 cm³/mol. The Morgan fingerprint density at radius 2 is 1.55 bits per heavy atom. The Morgan fingerprint density at radius 1 is 0.906 bits per heavy atom. The topological polar surface area (TPSA) is 218 Å². The molecule has 2 aliphatic rings. The summed E-state index contributed by atoms with van der Waals surface area (Å²) in [6, 6.07) is -4.73. The highest BCUT2D eigenvalue weighted by atomic mass is 16.5. The minimum Gasteiger partial charge on any atom is -0.460 e. The van der Waals surface area contributed by atoms with E-state index in [1.165, 1.54) is 11.8 Å². The van der Waals surface area contributed by atoms with Gasteiger partial charge in [0.2, 0.25) is 29.5 Å². The third-order valence-electron chi connectivity index (χ3n) is 10.7. The number of nitrogens with one attached hydrogen (secondary N) is 4. The normalized spacial score (nSPS) is 27.5. The van der Waals surface area contributed by atoms with Crippen LogP contribution in [-0.4, -0.2) is 115 Å². The number of aliphatic hydroxyl groups is 1. The number of rotatable bonds is 13. The summed E-state index contributed by atoms with van der Waals surface area (Å²) in [6.45, 7) is 9.98. The molecule has 1 aliphatic carbocycles. The molecule has 7 N–H and O–H groups in total. The van der Waals surface area contributed by atoms with Crippen molar-refractivity contribution in [1.29, 1.82) is 0 Å². The highest BCUT2D eigenvalue weighted by Gasteiger charge is 2.39. The number of ether oxygens (including phenoxy) is 2. The minimum atomic E-state index is -1.48. The van der Waals surface area contributed by atoms with Gasteiger partial charge in [0.1, 0.15) is 36.8 Å². The molecule has 15 nitrogen and oxygen atoms in total. The van der Waals surface area contributed by atoms with E-state index in [1.807, 2.05) is 27.7 Å². The minimum absolute atomic E-state index is 0.00683. The van der Waals surface area contributed by atoms with Gasteiger partial charge < -0.3 is 46.5 Å². The smallest absolute Gasteiger partial charge is 0.325 e. The largest absolute Gasteiger partial charge is 0.460 e. The van der Waals surface area contributed by atoms with Crippen molar-refractivity contribution in [1.82, 2.24) is 26.2 Å². The van der Waals surface area contributed by atoms with E-state index in [2.05, 4.69) is 21.3 Å². The molecule has 5 amide bonds. The quantitative estimate of drug-likeness (QED) is 0.118. The summed E-state index contributed by atoms with van der Waals surface area (Å²) in [6.07, 6.45) is 6.74. The van der Waals surface area contributed by atoms with Crippen molar-refractivity contribution in [3.8, 4) is 0 Å². The first kappa shape index (κ1) is 45.9. The summed E-state index contributed by atoms with van der Waals surface area (Å²) in [4.78, 5) is 83.2. The number of hydrogen-bond acceptors (Lipinski definition) is 10. The van der Waals surface area contributed by atoms with Crippen molar-refractivity contribution in [3.63, 3.8) is 0 Å². The predicted octanol–water partition coefficient (Wildman–Crippen LogP) is 1.68. The molecule has 7 atom stereocenters. The number of esters is 1. The van der Waals surface area contributed by atoms with Gasteiger partial charge >= 0.3 is 5.97 Å². The monoisotopic (exact) mass is 753 g/mol. The summed E-state index contributed by atoms with van der Waals surface area (Å²) in [5.41, 5.74) is 5.67. The number of nitrogens with zero attached hydrogens (tertiary/aromatic N) is 1. The van der Waals surface area contributed by atoms with Crippen LogP contribution in [0.5, 0.6) is 0 Å². The highest BCUT2D eigenvalue weighted by Crippen LogP contribution is 2.28. The van der Waals surface area contributed by atoms with Crippen molar-refractivity contribution >= 4 is 35.5 Å². The van der Waals surface area contributed by atoms with Gasteiger partial charge in [-0.1, -0.05) is 59.3 Å². The average molecular weight is 753 g/mol. The standard InChI is InChI=1S/C38H68N6O9/c1-23(2)20-28-34(48)43-32(26-16-12-11-13-17-26)36(50)41-27(21-39)33(47)42-31(25(4)45)35(49)40-22-30(46)53-29(24(3)37(51)44(28)7)18-14-9-10-15-19-38(5,6)52-8/h23-29,31-32,45H,9-22,39H2,1-8H3,(H,40,49)(H,41,50)(H,42,47)(H,43,48)/t24-,25?,27+,28+,29-,31+,32+/m1/s1. The molecular formula is C38H68N6O9. The fraction of sp³-hybridized carbons (Fsp3) is 0.842. The zero-order valence-electron chi connectivity index (χ0n) is 33.3. The Kier molecular flexibility index (Phi) is 19.2. The van der Waals surface area contributed by atoms with Crippen LogP contribution >= 0.6 is 0 Å². The fourth-order valence-electron chi connectivity index (χ4n) is 7.03. The first-order valence-corrected chi connectivity index (χ1v) is 19.5. The molecule has 1 heterocycles.